The van der Waals surface area contributed by atoms with Crippen LogP contribution in [0.5, 0.6) is 0 Å². The van der Waals surface area contributed by atoms with Crippen molar-refractivity contribution in [3.05, 3.63) is 0 Å². The van der Waals surface area contributed by atoms with Gasteiger partial charge in [-0.15, -0.1) is 0 Å². The van der Waals surface area contributed by atoms with E-state index in [2.05, 4.69) is 38.0 Å². The molecule has 0 saturated carbocycles. The Bertz CT molecular complexity index is 173. The molecule has 0 heterocycles. The Labute approximate surface area is 124 Å². The van der Waals surface area contributed by atoms with E-state index in [1.807, 2.05) is 6.92 Å². The van der Waals surface area contributed by atoms with Crippen LogP contribution in [0.2, 0.25) is 0 Å². The van der Waals surface area contributed by atoms with Gasteiger partial charge in [0.1, 0.15) is 0 Å². The first kappa shape index (κ1) is 27.3. The standard InChI is InChI=1S/C9H22N2.C4H11NO.2B/c1-5-8(4,6-2)9(10,11)7-3;1-3-4-5-6-2;;/h5-7,10-11H2,1-4H3;5H,3-4H2,1-2H3;;. The normalized spacial score (nSPS) is 10.7. The van der Waals surface area contributed by atoms with Crippen LogP contribution < -0.4 is 16.9 Å². The van der Waals surface area contributed by atoms with Crippen LogP contribution in [-0.2, 0) is 4.84 Å². The number of nitrogens with two attached hydrogens (primary N) is 2. The molecule has 19 heavy (non-hydrogen) atoms. The van der Waals surface area contributed by atoms with Crippen LogP contribution in [0.15, 0.2) is 0 Å². The van der Waals surface area contributed by atoms with Crippen LogP contribution in [0.25, 0.3) is 0 Å². The summed E-state index contributed by atoms with van der Waals surface area (Å²) in [6, 6.07) is 0. The maximum absolute atomic E-state index is 5.99. The van der Waals surface area contributed by atoms with E-state index in [4.69, 9.17) is 11.5 Å². The molecule has 0 aromatic heterocycles. The molecule has 6 radical (unpaired) electrons. The highest BCUT2D eigenvalue weighted by Gasteiger charge is 2.37. The Hall–Kier alpha value is -0.0301. The van der Waals surface area contributed by atoms with Crippen LogP contribution in [-0.4, -0.2) is 36.1 Å². The predicted octanol–water partition coefficient (Wildman–Crippen LogP) is 1.62. The molecule has 0 saturated heterocycles. The van der Waals surface area contributed by atoms with Gasteiger partial charge in [0, 0.05) is 23.4 Å². The summed E-state index contributed by atoms with van der Waals surface area (Å²) in [5.41, 5.74) is 14.3. The molecule has 5 N–H and O–H groups in total. The van der Waals surface area contributed by atoms with Gasteiger partial charge in [-0.3, -0.25) is 0 Å². The Balaban J connectivity index is -0.000000123. The minimum atomic E-state index is -0.503. The Morgan fingerprint density at radius 1 is 0.947 bits per heavy atom. The monoisotopic (exact) mass is 269 g/mol. The van der Waals surface area contributed by atoms with E-state index < -0.39 is 5.66 Å². The second-order valence-corrected chi connectivity index (χ2v) is 4.76. The van der Waals surface area contributed by atoms with Crippen LogP contribution in [0, 0.1) is 5.41 Å². The van der Waals surface area contributed by atoms with Crippen LogP contribution in [0.1, 0.15) is 60.3 Å². The topological polar surface area (TPSA) is 73.3 Å². The molecule has 0 bridgehead atoms. The molecule has 112 valence electrons. The zero-order valence-electron chi connectivity index (χ0n) is 13.8. The van der Waals surface area contributed by atoms with Crippen molar-refractivity contribution in [3.8, 4) is 0 Å². The molecule has 0 aliphatic heterocycles. The highest BCUT2D eigenvalue weighted by Crippen LogP contribution is 2.34. The third-order valence-corrected chi connectivity index (χ3v) is 3.77. The summed E-state index contributed by atoms with van der Waals surface area (Å²) in [7, 11) is 1.62. The summed E-state index contributed by atoms with van der Waals surface area (Å²) in [5.74, 6) is 0. The fraction of sp³-hybridized carbons (Fsp3) is 1.00. The third kappa shape index (κ3) is 10.4. The van der Waals surface area contributed by atoms with Crippen molar-refractivity contribution in [2.24, 2.45) is 16.9 Å². The fourth-order valence-corrected chi connectivity index (χ4v) is 1.54. The van der Waals surface area contributed by atoms with Crippen molar-refractivity contribution in [1.82, 2.24) is 5.48 Å². The van der Waals surface area contributed by atoms with Crippen molar-refractivity contribution >= 4 is 16.8 Å². The molecule has 6 heteroatoms. The third-order valence-electron chi connectivity index (χ3n) is 3.77. The lowest BCUT2D eigenvalue weighted by Crippen LogP contribution is -2.60. The van der Waals surface area contributed by atoms with Gasteiger partial charge in [-0.2, -0.15) is 0 Å². The molecule has 0 fully saturated rings. The summed E-state index contributed by atoms with van der Waals surface area (Å²) in [5, 5.41) is 0. The summed E-state index contributed by atoms with van der Waals surface area (Å²) < 4.78 is 0. The van der Waals surface area contributed by atoms with E-state index in [1.165, 1.54) is 0 Å². The first-order chi connectivity index (χ1) is 7.85. The average molecular weight is 269 g/mol. The molecule has 0 aliphatic rings. The SMILES string of the molecule is CCC(N)(N)C(C)(CC)CC.CCCNOC.[B].[B]. The second kappa shape index (κ2) is 14.4. The van der Waals surface area contributed by atoms with Gasteiger partial charge in [-0.25, -0.2) is 5.48 Å². The first-order valence-corrected chi connectivity index (χ1v) is 6.68. The van der Waals surface area contributed by atoms with Crippen molar-refractivity contribution in [1.29, 1.82) is 0 Å². The van der Waals surface area contributed by atoms with Crippen LogP contribution in [0.4, 0.5) is 0 Å². The Kier molecular flexibility index (Phi) is 20.7. The predicted molar refractivity (Wildman–Crippen MR) is 86.9 cm³/mol. The number of hydroxylamine groups is 1. The van der Waals surface area contributed by atoms with Gasteiger partial charge >= 0.3 is 0 Å². The lowest BCUT2D eigenvalue weighted by atomic mass is 9.72. The van der Waals surface area contributed by atoms with Crippen molar-refractivity contribution in [2.45, 2.75) is 66.0 Å². The van der Waals surface area contributed by atoms with E-state index in [9.17, 15) is 0 Å². The van der Waals surface area contributed by atoms with Crippen molar-refractivity contribution in [2.75, 3.05) is 13.7 Å². The van der Waals surface area contributed by atoms with Crippen LogP contribution >= 0.6 is 0 Å². The van der Waals surface area contributed by atoms with Gasteiger partial charge in [-0.1, -0.05) is 34.6 Å². The number of rotatable bonds is 7. The van der Waals surface area contributed by atoms with E-state index >= 15 is 0 Å². The van der Waals surface area contributed by atoms with E-state index in [0.29, 0.717) is 0 Å². The summed E-state index contributed by atoms with van der Waals surface area (Å²) in [6.07, 6.45) is 4.05. The van der Waals surface area contributed by atoms with E-state index in [1.54, 1.807) is 7.11 Å². The molecular weight excluding hydrogens is 236 g/mol. The smallest absolute Gasteiger partial charge is 0.0688 e. The summed E-state index contributed by atoms with van der Waals surface area (Å²) >= 11 is 0. The lowest BCUT2D eigenvalue weighted by molar-refractivity contribution is 0.0920. The van der Waals surface area contributed by atoms with Gasteiger partial charge in [0.05, 0.1) is 12.8 Å². The maximum atomic E-state index is 5.99. The number of nitrogens with one attached hydrogen (secondary N) is 1. The van der Waals surface area contributed by atoms with Crippen LogP contribution in [0.3, 0.4) is 0 Å². The zero-order valence-corrected chi connectivity index (χ0v) is 13.8. The van der Waals surface area contributed by atoms with Gasteiger partial charge in [0.2, 0.25) is 0 Å². The van der Waals surface area contributed by atoms with Gasteiger partial charge < -0.3 is 16.3 Å². The second-order valence-electron chi connectivity index (χ2n) is 4.76. The Morgan fingerprint density at radius 3 is 1.47 bits per heavy atom. The molecule has 4 nitrogen and oxygen atoms in total. The van der Waals surface area contributed by atoms with E-state index in [0.717, 1.165) is 32.2 Å². The molecule has 0 rings (SSSR count). The average Bonchev–Trinajstić information content (AvgIpc) is 2.35. The highest BCUT2D eigenvalue weighted by molar-refractivity contribution is 5.76. The van der Waals surface area contributed by atoms with Gasteiger partial charge in [-0.05, 0) is 31.1 Å². The van der Waals surface area contributed by atoms with E-state index in [-0.39, 0.29) is 22.2 Å². The largest absolute Gasteiger partial charge is 0.313 e. The summed E-state index contributed by atoms with van der Waals surface area (Å²) in [6.45, 7) is 11.5. The Morgan fingerprint density at radius 2 is 1.37 bits per heavy atom. The molecule has 0 atom stereocenters. The molecule has 0 amide bonds. The minimum Gasteiger partial charge on any atom is -0.313 e. The van der Waals surface area contributed by atoms with Crippen molar-refractivity contribution in [3.63, 3.8) is 0 Å². The van der Waals surface area contributed by atoms with Gasteiger partial charge in [0.15, 0.2) is 0 Å². The molecular formula is C13H33B2N3O. The number of hydrogen-bond acceptors (Lipinski definition) is 4. The molecule has 0 spiro atoms. The van der Waals surface area contributed by atoms with Gasteiger partial charge in [0.25, 0.3) is 0 Å². The first-order valence-electron chi connectivity index (χ1n) is 6.68. The van der Waals surface area contributed by atoms with Crippen molar-refractivity contribution < 1.29 is 4.84 Å². The molecule has 0 aliphatic carbocycles. The number of hydrogen-bond donors (Lipinski definition) is 3. The highest BCUT2D eigenvalue weighted by atomic mass is 16.6. The molecule has 0 unspecified atom stereocenters. The summed E-state index contributed by atoms with van der Waals surface area (Å²) in [4.78, 5) is 4.53. The fourth-order valence-electron chi connectivity index (χ4n) is 1.54. The zero-order chi connectivity index (χ0) is 13.9. The molecule has 0 aromatic carbocycles. The maximum Gasteiger partial charge on any atom is 0.0688 e. The minimum absolute atomic E-state index is 0. The molecule has 0 aromatic rings. The quantitative estimate of drug-likeness (QED) is 0.284. The lowest BCUT2D eigenvalue weighted by Gasteiger charge is -2.42.